The van der Waals surface area contributed by atoms with Crippen LogP contribution in [0.1, 0.15) is 12.2 Å². The second-order valence-corrected chi connectivity index (χ2v) is 8.72. The maximum atomic E-state index is 6.58. The first kappa shape index (κ1) is 19.7. The summed E-state index contributed by atoms with van der Waals surface area (Å²) in [6, 6.07) is 7.89. The first-order valence-electron chi connectivity index (χ1n) is 10.6. The molecular formula is C22H27ClN6O. The van der Waals surface area contributed by atoms with Crippen molar-refractivity contribution >= 4 is 28.6 Å². The summed E-state index contributed by atoms with van der Waals surface area (Å²) in [6.45, 7) is 8.28. The van der Waals surface area contributed by atoms with E-state index in [0.717, 1.165) is 86.6 Å². The normalized spacial score (nSPS) is 20.4. The summed E-state index contributed by atoms with van der Waals surface area (Å²) in [7, 11) is 2.16. The second-order valence-electron chi connectivity index (χ2n) is 8.31. The summed E-state index contributed by atoms with van der Waals surface area (Å²) < 4.78 is 7.86. The Kier molecular flexibility index (Phi) is 5.35. The summed E-state index contributed by atoms with van der Waals surface area (Å²) in [6.07, 6.45) is 1.05. The Hall–Kier alpha value is -2.22. The van der Waals surface area contributed by atoms with Crippen LogP contribution in [-0.4, -0.2) is 70.9 Å². The number of anilines is 1. The Labute approximate surface area is 181 Å². The van der Waals surface area contributed by atoms with Gasteiger partial charge in [0.25, 0.3) is 0 Å². The van der Waals surface area contributed by atoms with Gasteiger partial charge in [-0.2, -0.15) is 0 Å². The second kappa shape index (κ2) is 8.13. The molecule has 5 rings (SSSR count). The average Bonchev–Trinajstić information content (AvgIpc) is 3.37. The van der Waals surface area contributed by atoms with Crippen molar-refractivity contribution in [3.05, 3.63) is 35.1 Å². The van der Waals surface area contributed by atoms with Crippen LogP contribution in [0.15, 0.2) is 24.3 Å². The van der Waals surface area contributed by atoms with E-state index in [9.17, 15) is 0 Å². The van der Waals surface area contributed by atoms with Gasteiger partial charge in [0.15, 0.2) is 17.0 Å². The number of fused-ring (bicyclic) bond motifs is 1. The number of ether oxygens (including phenoxy) is 1. The zero-order chi connectivity index (χ0) is 20.7. The number of hydrogen-bond acceptors (Lipinski definition) is 6. The van der Waals surface area contributed by atoms with E-state index in [4.69, 9.17) is 31.3 Å². The van der Waals surface area contributed by atoms with E-state index in [-0.39, 0.29) is 0 Å². The number of aromatic nitrogens is 4. The van der Waals surface area contributed by atoms with Crippen molar-refractivity contribution in [1.82, 2.24) is 24.4 Å². The Morgan fingerprint density at radius 3 is 2.63 bits per heavy atom. The molecule has 2 saturated heterocycles. The highest BCUT2D eigenvalue weighted by Gasteiger charge is 2.26. The first-order chi connectivity index (χ1) is 14.6. The van der Waals surface area contributed by atoms with Crippen molar-refractivity contribution in [2.75, 3.05) is 51.3 Å². The number of imidazole rings is 1. The molecule has 2 aliphatic rings. The van der Waals surface area contributed by atoms with E-state index >= 15 is 0 Å². The summed E-state index contributed by atoms with van der Waals surface area (Å²) >= 11 is 6.58. The number of nitrogens with zero attached hydrogens (tertiary/aromatic N) is 6. The van der Waals surface area contributed by atoms with Crippen LogP contribution >= 0.6 is 11.6 Å². The molecule has 0 amide bonds. The molecule has 1 aromatic carbocycles. The minimum absolute atomic E-state index is 0.450. The van der Waals surface area contributed by atoms with E-state index in [1.807, 2.05) is 31.2 Å². The van der Waals surface area contributed by atoms with Crippen LogP contribution in [0, 0.1) is 12.8 Å². The van der Waals surface area contributed by atoms with E-state index in [1.165, 1.54) is 0 Å². The van der Waals surface area contributed by atoms with Gasteiger partial charge in [0, 0.05) is 50.8 Å². The van der Waals surface area contributed by atoms with Crippen LogP contribution in [0.25, 0.3) is 22.6 Å². The fourth-order valence-electron chi connectivity index (χ4n) is 4.34. The Bertz CT molecular complexity index is 1050. The third kappa shape index (κ3) is 3.66. The smallest absolute Gasteiger partial charge is 0.166 e. The number of piperazine rings is 1. The van der Waals surface area contributed by atoms with Gasteiger partial charge in [0.1, 0.15) is 11.6 Å². The van der Waals surface area contributed by atoms with E-state index in [0.29, 0.717) is 10.9 Å². The maximum absolute atomic E-state index is 6.58. The molecule has 0 spiro atoms. The lowest BCUT2D eigenvalue weighted by atomic mass is 10.1. The summed E-state index contributed by atoms with van der Waals surface area (Å²) in [5, 5.41) is 0.697. The fourth-order valence-corrected chi connectivity index (χ4v) is 4.56. The molecule has 0 radical (unpaired) electrons. The molecule has 4 heterocycles. The molecule has 2 aliphatic heterocycles. The summed E-state index contributed by atoms with van der Waals surface area (Å²) in [4.78, 5) is 19.4. The van der Waals surface area contributed by atoms with Crippen LogP contribution in [0.2, 0.25) is 5.02 Å². The highest BCUT2D eigenvalue weighted by atomic mass is 35.5. The van der Waals surface area contributed by atoms with Crippen molar-refractivity contribution in [2.24, 2.45) is 5.92 Å². The molecular weight excluding hydrogens is 400 g/mol. The van der Waals surface area contributed by atoms with Crippen LogP contribution in [0.4, 0.5) is 5.82 Å². The number of rotatable bonds is 4. The monoisotopic (exact) mass is 426 g/mol. The number of aryl methyl sites for hydroxylation is 1. The molecule has 7 nitrogen and oxygen atoms in total. The van der Waals surface area contributed by atoms with Crippen molar-refractivity contribution < 1.29 is 4.74 Å². The molecule has 0 saturated carbocycles. The zero-order valence-electron chi connectivity index (χ0n) is 17.5. The van der Waals surface area contributed by atoms with Gasteiger partial charge >= 0.3 is 0 Å². The highest BCUT2D eigenvalue weighted by molar-refractivity contribution is 6.33. The van der Waals surface area contributed by atoms with Gasteiger partial charge < -0.3 is 19.1 Å². The van der Waals surface area contributed by atoms with Crippen molar-refractivity contribution in [2.45, 2.75) is 19.9 Å². The quantitative estimate of drug-likeness (QED) is 0.638. The SMILES string of the molecule is Cc1nc(N2CCN(C)CC2)c2nc(-c3ccccc3Cl)n(CC3CCOC3)c2n1. The lowest BCUT2D eigenvalue weighted by Crippen LogP contribution is -2.45. The summed E-state index contributed by atoms with van der Waals surface area (Å²) in [5.74, 6) is 3.01. The maximum Gasteiger partial charge on any atom is 0.166 e. The predicted octanol–water partition coefficient (Wildman–Crippen LogP) is 3.24. The minimum atomic E-state index is 0.450. The van der Waals surface area contributed by atoms with Crippen LogP contribution in [0.3, 0.4) is 0 Å². The molecule has 2 aromatic heterocycles. The lowest BCUT2D eigenvalue weighted by molar-refractivity contribution is 0.183. The van der Waals surface area contributed by atoms with Crippen molar-refractivity contribution in [3.63, 3.8) is 0 Å². The minimum Gasteiger partial charge on any atom is -0.381 e. The molecule has 0 bridgehead atoms. The van der Waals surface area contributed by atoms with Gasteiger partial charge in [-0.25, -0.2) is 15.0 Å². The fraction of sp³-hybridized carbons (Fsp3) is 0.500. The predicted molar refractivity (Wildman–Crippen MR) is 119 cm³/mol. The van der Waals surface area contributed by atoms with Crippen LogP contribution in [-0.2, 0) is 11.3 Å². The number of likely N-dealkylation sites (N-methyl/N-ethyl adjacent to an activating group) is 1. The topological polar surface area (TPSA) is 59.3 Å². The first-order valence-corrected chi connectivity index (χ1v) is 11.0. The molecule has 0 N–H and O–H groups in total. The number of halogens is 1. The van der Waals surface area contributed by atoms with Gasteiger partial charge in [-0.1, -0.05) is 23.7 Å². The zero-order valence-corrected chi connectivity index (χ0v) is 18.3. The number of benzene rings is 1. The van der Waals surface area contributed by atoms with Gasteiger partial charge in [0.05, 0.1) is 11.6 Å². The molecule has 3 aromatic rings. The molecule has 1 atom stereocenters. The molecule has 0 aliphatic carbocycles. The van der Waals surface area contributed by atoms with Crippen molar-refractivity contribution in [1.29, 1.82) is 0 Å². The highest BCUT2D eigenvalue weighted by Crippen LogP contribution is 2.34. The van der Waals surface area contributed by atoms with Gasteiger partial charge in [-0.3, -0.25) is 0 Å². The van der Waals surface area contributed by atoms with Gasteiger partial charge in [-0.15, -0.1) is 0 Å². The third-order valence-corrected chi connectivity index (χ3v) is 6.40. The molecule has 30 heavy (non-hydrogen) atoms. The van der Waals surface area contributed by atoms with Gasteiger partial charge in [0.2, 0.25) is 0 Å². The molecule has 1 unspecified atom stereocenters. The molecule has 8 heteroatoms. The summed E-state index contributed by atoms with van der Waals surface area (Å²) in [5.41, 5.74) is 2.68. The largest absolute Gasteiger partial charge is 0.381 e. The van der Waals surface area contributed by atoms with E-state index < -0.39 is 0 Å². The Morgan fingerprint density at radius 2 is 1.90 bits per heavy atom. The van der Waals surface area contributed by atoms with Crippen LogP contribution < -0.4 is 4.90 Å². The third-order valence-electron chi connectivity index (χ3n) is 6.07. The standard InChI is InChI=1S/C22H27ClN6O/c1-15-24-21(28-10-8-27(2)9-11-28)19-22(25-15)29(13-16-7-12-30-14-16)20(26-19)17-5-3-4-6-18(17)23/h3-6,16H,7-14H2,1-2H3. The van der Waals surface area contributed by atoms with E-state index in [2.05, 4.69) is 21.4 Å². The lowest BCUT2D eigenvalue weighted by Gasteiger charge is -2.33. The van der Waals surface area contributed by atoms with Gasteiger partial charge in [-0.05, 0) is 32.5 Å². The van der Waals surface area contributed by atoms with Crippen LogP contribution in [0.5, 0.6) is 0 Å². The van der Waals surface area contributed by atoms with Crippen molar-refractivity contribution in [3.8, 4) is 11.4 Å². The number of hydrogen-bond donors (Lipinski definition) is 0. The molecule has 2 fully saturated rings. The Balaban J connectivity index is 1.67. The molecule has 158 valence electrons. The average molecular weight is 427 g/mol. The Morgan fingerprint density at radius 1 is 1.10 bits per heavy atom. The van der Waals surface area contributed by atoms with E-state index in [1.54, 1.807) is 0 Å².